The van der Waals surface area contributed by atoms with Crippen molar-refractivity contribution in [3.8, 4) is 0 Å². The van der Waals surface area contributed by atoms with Gasteiger partial charge in [0.1, 0.15) is 0 Å². The van der Waals surface area contributed by atoms with Gasteiger partial charge >= 0.3 is 0 Å². The third-order valence-electron chi connectivity index (χ3n) is 3.55. The predicted octanol–water partition coefficient (Wildman–Crippen LogP) is 3.18. The van der Waals surface area contributed by atoms with Gasteiger partial charge in [-0.1, -0.05) is 6.92 Å². The Morgan fingerprint density at radius 1 is 1.53 bits per heavy atom. The summed E-state index contributed by atoms with van der Waals surface area (Å²) in [5, 5.41) is 5.43. The number of rotatable bonds is 4. The first kappa shape index (κ1) is 13.1. The Kier molecular flexibility index (Phi) is 3.86. The predicted molar refractivity (Wildman–Crippen MR) is 82.3 cm³/mol. The topological polar surface area (TPSA) is 32.3 Å². The number of nitrogens with zero attached hydrogens (tertiary/aromatic N) is 1. The summed E-state index contributed by atoms with van der Waals surface area (Å²) >= 11 is 3.33. The molecule has 1 aliphatic rings. The lowest BCUT2D eigenvalue weighted by molar-refractivity contribution is 0.0697. The maximum Gasteiger partial charge on any atom is 0.264 e. The maximum absolute atomic E-state index is 12.7. The van der Waals surface area contributed by atoms with E-state index in [1.165, 1.54) is 9.40 Å². The molecule has 3 rings (SSSR count). The summed E-state index contributed by atoms with van der Waals surface area (Å²) in [5.74, 6) is 0.212. The van der Waals surface area contributed by atoms with E-state index in [4.69, 9.17) is 0 Å². The first-order valence-corrected chi connectivity index (χ1v) is 8.48. The third-order valence-corrected chi connectivity index (χ3v) is 5.63. The van der Waals surface area contributed by atoms with Crippen molar-refractivity contribution in [1.29, 1.82) is 0 Å². The van der Waals surface area contributed by atoms with Gasteiger partial charge in [0.05, 0.1) is 4.88 Å². The molecule has 2 aromatic rings. The number of hydrogen-bond acceptors (Lipinski definition) is 4. The summed E-state index contributed by atoms with van der Waals surface area (Å²) in [7, 11) is 0. The van der Waals surface area contributed by atoms with Crippen molar-refractivity contribution < 1.29 is 4.79 Å². The summed E-state index contributed by atoms with van der Waals surface area (Å²) in [6, 6.07) is 4.52. The van der Waals surface area contributed by atoms with Gasteiger partial charge in [0.25, 0.3) is 5.91 Å². The Hall–Kier alpha value is -0.910. The minimum atomic E-state index is 0.212. The SMILES string of the molecule is CCCN(C(=O)c1cc2sccc2s1)C1CCNC1. The number of carbonyl (C=O) groups is 1. The third kappa shape index (κ3) is 2.55. The lowest BCUT2D eigenvalue weighted by atomic mass is 10.2. The van der Waals surface area contributed by atoms with Gasteiger partial charge in [-0.15, -0.1) is 22.7 Å². The number of amides is 1. The van der Waals surface area contributed by atoms with Crippen molar-refractivity contribution in [2.75, 3.05) is 19.6 Å². The normalized spacial score (nSPS) is 19.1. The van der Waals surface area contributed by atoms with Crippen LogP contribution in [0.3, 0.4) is 0 Å². The van der Waals surface area contributed by atoms with Crippen LogP contribution in [0.25, 0.3) is 9.40 Å². The van der Waals surface area contributed by atoms with E-state index in [0.717, 1.165) is 37.4 Å². The average Bonchev–Trinajstić information content (AvgIpc) is 3.09. The molecule has 2 aromatic heterocycles. The lowest BCUT2D eigenvalue weighted by Gasteiger charge is -2.27. The fraction of sp³-hybridized carbons (Fsp3) is 0.500. The van der Waals surface area contributed by atoms with Gasteiger partial charge in [-0.05, 0) is 36.9 Å². The highest BCUT2D eigenvalue weighted by Gasteiger charge is 2.27. The Labute approximate surface area is 121 Å². The molecule has 1 aliphatic heterocycles. The van der Waals surface area contributed by atoms with Crippen molar-refractivity contribution >= 4 is 38.0 Å². The molecular formula is C14H18N2OS2. The number of carbonyl (C=O) groups excluding carboxylic acids is 1. The molecule has 0 radical (unpaired) electrons. The van der Waals surface area contributed by atoms with Crippen LogP contribution in [0, 0.1) is 0 Å². The van der Waals surface area contributed by atoms with E-state index >= 15 is 0 Å². The molecular weight excluding hydrogens is 276 g/mol. The minimum absolute atomic E-state index is 0.212. The smallest absolute Gasteiger partial charge is 0.264 e. The maximum atomic E-state index is 12.7. The molecule has 1 unspecified atom stereocenters. The van der Waals surface area contributed by atoms with Crippen molar-refractivity contribution in [2.45, 2.75) is 25.8 Å². The highest BCUT2D eigenvalue weighted by atomic mass is 32.1. The molecule has 0 saturated carbocycles. The molecule has 5 heteroatoms. The molecule has 0 spiro atoms. The molecule has 0 aliphatic carbocycles. The Morgan fingerprint density at radius 3 is 3.11 bits per heavy atom. The van der Waals surface area contributed by atoms with Crippen LogP contribution in [-0.4, -0.2) is 36.5 Å². The minimum Gasteiger partial charge on any atom is -0.334 e. The first-order valence-electron chi connectivity index (χ1n) is 6.78. The summed E-state index contributed by atoms with van der Waals surface area (Å²) in [5.41, 5.74) is 0. The number of thiophene rings is 2. The molecule has 102 valence electrons. The summed E-state index contributed by atoms with van der Waals surface area (Å²) < 4.78 is 2.46. The molecule has 3 nitrogen and oxygen atoms in total. The van der Waals surface area contributed by atoms with Crippen LogP contribution in [0.15, 0.2) is 17.5 Å². The average molecular weight is 294 g/mol. The van der Waals surface area contributed by atoms with E-state index in [1.54, 1.807) is 22.7 Å². The largest absolute Gasteiger partial charge is 0.334 e. The molecule has 0 aromatic carbocycles. The van der Waals surface area contributed by atoms with Gasteiger partial charge in [0.15, 0.2) is 0 Å². The molecule has 1 N–H and O–H groups in total. The second kappa shape index (κ2) is 5.61. The van der Waals surface area contributed by atoms with E-state index in [-0.39, 0.29) is 5.91 Å². The van der Waals surface area contributed by atoms with Gasteiger partial charge in [0.2, 0.25) is 0 Å². The van der Waals surface area contributed by atoms with Crippen molar-refractivity contribution in [3.05, 3.63) is 22.4 Å². The van der Waals surface area contributed by atoms with E-state index < -0.39 is 0 Å². The zero-order valence-electron chi connectivity index (χ0n) is 11.0. The number of nitrogens with one attached hydrogen (secondary N) is 1. The Balaban J connectivity index is 1.84. The number of hydrogen-bond donors (Lipinski definition) is 1. The van der Waals surface area contributed by atoms with Crippen molar-refractivity contribution in [1.82, 2.24) is 10.2 Å². The van der Waals surface area contributed by atoms with Gasteiger partial charge in [-0.2, -0.15) is 0 Å². The van der Waals surface area contributed by atoms with Gasteiger partial charge in [0, 0.05) is 28.5 Å². The zero-order chi connectivity index (χ0) is 13.2. The highest BCUT2D eigenvalue weighted by Crippen LogP contribution is 2.31. The van der Waals surface area contributed by atoms with Crippen LogP contribution >= 0.6 is 22.7 Å². The van der Waals surface area contributed by atoms with E-state index in [0.29, 0.717) is 6.04 Å². The van der Waals surface area contributed by atoms with Crippen LogP contribution in [0.1, 0.15) is 29.4 Å². The monoisotopic (exact) mass is 294 g/mol. The lowest BCUT2D eigenvalue weighted by Crippen LogP contribution is -2.41. The Morgan fingerprint density at radius 2 is 2.42 bits per heavy atom. The number of fused-ring (bicyclic) bond motifs is 1. The Bertz CT molecular complexity index is 540. The molecule has 0 bridgehead atoms. The van der Waals surface area contributed by atoms with Crippen molar-refractivity contribution in [3.63, 3.8) is 0 Å². The second-order valence-corrected chi connectivity index (χ2v) is 6.94. The quantitative estimate of drug-likeness (QED) is 0.939. The van der Waals surface area contributed by atoms with Crippen LogP contribution in [-0.2, 0) is 0 Å². The molecule has 1 amide bonds. The molecule has 1 saturated heterocycles. The fourth-order valence-corrected chi connectivity index (χ4v) is 4.67. The van der Waals surface area contributed by atoms with E-state index in [1.807, 2.05) is 0 Å². The first-order chi connectivity index (χ1) is 9.29. The summed E-state index contributed by atoms with van der Waals surface area (Å²) in [6.07, 6.45) is 2.09. The molecule has 1 atom stereocenters. The van der Waals surface area contributed by atoms with Crippen LogP contribution < -0.4 is 5.32 Å². The van der Waals surface area contributed by atoms with Gasteiger partial charge < -0.3 is 10.2 Å². The van der Waals surface area contributed by atoms with Gasteiger partial charge in [-0.3, -0.25) is 4.79 Å². The second-order valence-electron chi connectivity index (χ2n) is 4.90. The standard InChI is InChI=1S/C14H18N2OS2/c1-2-6-16(10-3-5-15-9-10)14(17)13-8-12-11(19-13)4-7-18-12/h4,7-8,10,15H,2-3,5-6,9H2,1H3. The molecule has 3 heterocycles. The van der Waals surface area contributed by atoms with Gasteiger partial charge in [-0.25, -0.2) is 0 Å². The van der Waals surface area contributed by atoms with Crippen LogP contribution in [0.5, 0.6) is 0 Å². The molecule has 19 heavy (non-hydrogen) atoms. The summed E-state index contributed by atoms with van der Waals surface area (Å²) in [6.45, 7) is 4.95. The van der Waals surface area contributed by atoms with E-state index in [9.17, 15) is 4.79 Å². The fourth-order valence-electron chi connectivity index (χ4n) is 2.61. The molecule has 1 fully saturated rings. The van der Waals surface area contributed by atoms with Crippen LogP contribution in [0.4, 0.5) is 0 Å². The van der Waals surface area contributed by atoms with Crippen LogP contribution in [0.2, 0.25) is 0 Å². The zero-order valence-corrected chi connectivity index (χ0v) is 12.6. The summed E-state index contributed by atoms with van der Waals surface area (Å²) in [4.78, 5) is 15.7. The van der Waals surface area contributed by atoms with E-state index in [2.05, 4.69) is 34.7 Å². The van der Waals surface area contributed by atoms with Crippen molar-refractivity contribution in [2.24, 2.45) is 0 Å². The highest BCUT2D eigenvalue weighted by molar-refractivity contribution is 7.27.